The summed E-state index contributed by atoms with van der Waals surface area (Å²) in [4.78, 5) is 17.1. The van der Waals surface area contributed by atoms with Crippen LogP contribution in [0.4, 0.5) is 0 Å². The van der Waals surface area contributed by atoms with Gasteiger partial charge in [-0.25, -0.2) is 0 Å². The van der Waals surface area contributed by atoms with Gasteiger partial charge in [0.15, 0.2) is 0 Å². The summed E-state index contributed by atoms with van der Waals surface area (Å²) < 4.78 is 0. The van der Waals surface area contributed by atoms with Crippen LogP contribution < -0.4 is 10.5 Å². The van der Waals surface area contributed by atoms with Gasteiger partial charge in [-0.15, -0.1) is 0 Å². The van der Waals surface area contributed by atoms with E-state index < -0.39 is 9.52 Å². The highest BCUT2D eigenvalue weighted by atomic mass is 28.2. The van der Waals surface area contributed by atoms with E-state index in [0.29, 0.717) is 0 Å². The fourth-order valence-corrected chi connectivity index (χ4v) is 3.21. The second-order valence-corrected chi connectivity index (χ2v) is 6.45. The first-order valence-electron chi connectivity index (χ1n) is 6.69. The summed E-state index contributed by atoms with van der Waals surface area (Å²) in [6, 6.07) is 10.5. The van der Waals surface area contributed by atoms with E-state index in [2.05, 4.69) is 44.2 Å². The van der Waals surface area contributed by atoms with Crippen LogP contribution in [0.15, 0.2) is 61.3 Å². The maximum Gasteiger partial charge on any atom is 0.113 e. The summed E-state index contributed by atoms with van der Waals surface area (Å²) in [5, 5.41) is 2.47. The maximum absolute atomic E-state index is 4.50. The highest BCUT2D eigenvalue weighted by Gasteiger charge is 1.99. The Morgan fingerprint density at radius 1 is 0.762 bits per heavy atom. The third kappa shape index (κ3) is 3.90. The fraction of sp³-hybridized carbons (Fsp3) is 0. The molecule has 0 spiro atoms. The van der Waals surface area contributed by atoms with Crippen LogP contribution in [-0.2, 0) is 0 Å². The van der Waals surface area contributed by atoms with Crippen LogP contribution in [0.25, 0.3) is 12.2 Å². The normalized spacial score (nSPS) is 11.4. The van der Waals surface area contributed by atoms with Crippen molar-refractivity contribution in [1.29, 1.82) is 0 Å². The number of benzene rings is 1. The SMILES string of the molecule is C(=Cc1cnc([SiH2]c2ccccc2)cn1)c1cnccn1. The number of nitrogens with zero attached hydrogens (tertiary/aromatic N) is 4. The standard InChI is InChI=1S/C16H14N4Si/c1-2-4-15(5-3-1)21-16-12-19-14(11-20-16)7-6-13-10-17-8-9-18-13/h1-12H,21H2. The molecule has 0 saturated heterocycles. The minimum Gasteiger partial charge on any atom is -0.263 e. The van der Waals surface area contributed by atoms with Crippen molar-refractivity contribution in [1.82, 2.24) is 19.9 Å². The van der Waals surface area contributed by atoms with E-state index in [9.17, 15) is 0 Å². The van der Waals surface area contributed by atoms with Crippen molar-refractivity contribution in [3.05, 3.63) is 72.7 Å². The minimum atomic E-state index is -0.535. The molecule has 0 saturated carbocycles. The smallest absolute Gasteiger partial charge is 0.113 e. The van der Waals surface area contributed by atoms with Crippen molar-refractivity contribution >= 4 is 32.2 Å². The molecule has 3 rings (SSSR count). The number of hydrogen-bond donors (Lipinski definition) is 0. The van der Waals surface area contributed by atoms with Gasteiger partial charge in [-0.3, -0.25) is 19.9 Å². The molecule has 0 amide bonds. The van der Waals surface area contributed by atoms with E-state index in [1.54, 1.807) is 24.8 Å². The van der Waals surface area contributed by atoms with Gasteiger partial charge in [-0.1, -0.05) is 35.5 Å². The van der Waals surface area contributed by atoms with E-state index in [4.69, 9.17) is 0 Å². The van der Waals surface area contributed by atoms with Crippen LogP contribution in [0.1, 0.15) is 11.4 Å². The first-order chi connectivity index (χ1) is 10.4. The lowest BCUT2D eigenvalue weighted by Gasteiger charge is -2.00. The Kier molecular flexibility index (Phi) is 4.23. The molecule has 0 fully saturated rings. The Morgan fingerprint density at radius 3 is 2.24 bits per heavy atom. The van der Waals surface area contributed by atoms with Gasteiger partial charge in [-0.2, -0.15) is 0 Å². The molecule has 21 heavy (non-hydrogen) atoms. The zero-order valence-corrected chi connectivity index (χ0v) is 12.8. The van der Waals surface area contributed by atoms with Crippen LogP contribution in [0.2, 0.25) is 0 Å². The van der Waals surface area contributed by atoms with Gasteiger partial charge in [-0.05, 0) is 12.2 Å². The molecule has 0 unspecified atom stereocenters. The maximum atomic E-state index is 4.50. The molecule has 2 aromatic heterocycles. The van der Waals surface area contributed by atoms with Crippen molar-refractivity contribution in [2.45, 2.75) is 0 Å². The number of aromatic nitrogens is 4. The molecule has 1 aromatic carbocycles. The zero-order valence-electron chi connectivity index (χ0n) is 11.4. The minimum absolute atomic E-state index is 0.535. The molecule has 3 aromatic rings. The number of hydrogen-bond acceptors (Lipinski definition) is 4. The highest BCUT2D eigenvalue weighted by molar-refractivity contribution is 6.66. The Hall–Kier alpha value is -2.66. The Labute approximate surface area is 125 Å². The van der Waals surface area contributed by atoms with Gasteiger partial charge in [0, 0.05) is 23.9 Å². The van der Waals surface area contributed by atoms with Crippen molar-refractivity contribution in [3.63, 3.8) is 0 Å². The van der Waals surface area contributed by atoms with Crippen LogP contribution in [0.3, 0.4) is 0 Å². The first kappa shape index (κ1) is 13.3. The lowest BCUT2D eigenvalue weighted by molar-refractivity contribution is 1.18. The Morgan fingerprint density at radius 2 is 1.57 bits per heavy atom. The van der Waals surface area contributed by atoms with E-state index in [-0.39, 0.29) is 0 Å². The van der Waals surface area contributed by atoms with Gasteiger partial charge < -0.3 is 0 Å². The Bertz CT molecular complexity index is 712. The topological polar surface area (TPSA) is 51.6 Å². The molecular weight excluding hydrogens is 276 g/mol. The lowest BCUT2D eigenvalue weighted by atomic mass is 10.3. The van der Waals surface area contributed by atoms with Crippen LogP contribution >= 0.6 is 0 Å². The summed E-state index contributed by atoms with van der Waals surface area (Å²) in [6.07, 6.45) is 12.5. The van der Waals surface area contributed by atoms with E-state index in [1.807, 2.05) is 24.4 Å². The quantitative estimate of drug-likeness (QED) is 0.659. The van der Waals surface area contributed by atoms with E-state index in [0.717, 1.165) is 16.7 Å². The fourth-order valence-electron chi connectivity index (χ4n) is 1.91. The van der Waals surface area contributed by atoms with E-state index >= 15 is 0 Å². The first-order valence-corrected chi connectivity index (χ1v) is 8.10. The molecule has 2 heterocycles. The van der Waals surface area contributed by atoms with Gasteiger partial charge in [0.2, 0.25) is 0 Å². The summed E-state index contributed by atoms with van der Waals surface area (Å²) in [5.74, 6) is 0. The molecule has 0 aliphatic carbocycles. The number of rotatable bonds is 4. The van der Waals surface area contributed by atoms with Crippen molar-refractivity contribution in [2.24, 2.45) is 0 Å². The molecular formula is C16H14N4Si. The molecule has 0 aliphatic heterocycles. The third-order valence-corrected chi connectivity index (χ3v) is 4.57. The largest absolute Gasteiger partial charge is 0.263 e. The monoisotopic (exact) mass is 290 g/mol. The molecule has 102 valence electrons. The van der Waals surface area contributed by atoms with Crippen molar-refractivity contribution in [2.75, 3.05) is 0 Å². The molecule has 0 bridgehead atoms. The molecule has 0 aliphatic rings. The van der Waals surface area contributed by atoms with Gasteiger partial charge in [0.25, 0.3) is 0 Å². The highest BCUT2D eigenvalue weighted by Crippen LogP contribution is 1.99. The van der Waals surface area contributed by atoms with E-state index in [1.165, 1.54) is 5.19 Å². The second kappa shape index (κ2) is 6.67. The Balaban J connectivity index is 1.68. The molecule has 5 heteroatoms. The average molecular weight is 290 g/mol. The predicted octanol–water partition coefficient (Wildman–Crippen LogP) is 0.557. The average Bonchev–Trinajstić information content (AvgIpc) is 2.56. The van der Waals surface area contributed by atoms with Crippen molar-refractivity contribution < 1.29 is 0 Å². The summed E-state index contributed by atoms with van der Waals surface area (Å²) in [7, 11) is -0.535. The third-order valence-electron chi connectivity index (χ3n) is 2.96. The van der Waals surface area contributed by atoms with Crippen molar-refractivity contribution in [3.8, 4) is 0 Å². The van der Waals surface area contributed by atoms with Crippen LogP contribution in [-0.4, -0.2) is 29.5 Å². The van der Waals surface area contributed by atoms with Gasteiger partial charge in [0.1, 0.15) is 9.52 Å². The molecule has 0 radical (unpaired) electrons. The molecule has 4 nitrogen and oxygen atoms in total. The van der Waals surface area contributed by atoms with Crippen LogP contribution in [0, 0.1) is 0 Å². The lowest BCUT2D eigenvalue weighted by Crippen LogP contribution is -2.29. The molecule has 0 N–H and O–H groups in total. The predicted molar refractivity (Wildman–Crippen MR) is 87.2 cm³/mol. The summed E-state index contributed by atoms with van der Waals surface area (Å²) in [5.41, 5.74) is 1.63. The summed E-state index contributed by atoms with van der Waals surface area (Å²) in [6.45, 7) is 0. The van der Waals surface area contributed by atoms with Gasteiger partial charge >= 0.3 is 0 Å². The van der Waals surface area contributed by atoms with Crippen LogP contribution in [0.5, 0.6) is 0 Å². The summed E-state index contributed by atoms with van der Waals surface area (Å²) >= 11 is 0. The zero-order chi connectivity index (χ0) is 14.3. The molecule has 0 atom stereocenters. The van der Waals surface area contributed by atoms with Gasteiger partial charge in [0.05, 0.1) is 23.8 Å². The second-order valence-electron chi connectivity index (χ2n) is 4.56.